The first-order valence-electron chi connectivity index (χ1n) is 11.3. The lowest BCUT2D eigenvalue weighted by Gasteiger charge is -2.26. The molecular formula is C25H28N6O2. The number of nitrogens with zero attached hydrogens (tertiary/aromatic N) is 5. The second-order valence-electron chi connectivity index (χ2n) is 8.79. The Balaban J connectivity index is 1.60. The highest BCUT2D eigenvalue weighted by molar-refractivity contribution is 5.83. The molecule has 0 spiro atoms. The van der Waals surface area contributed by atoms with E-state index in [0.717, 1.165) is 59.3 Å². The van der Waals surface area contributed by atoms with E-state index in [4.69, 9.17) is 4.74 Å². The number of fused-ring (bicyclic) bond motifs is 1. The van der Waals surface area contributed by atoms with Crippen molar-refractivity contribution in [2.45, 2.75) is 39.3 Å². The lowest BCUT2D eigenvalue weighted by molar-refractivity contribution is 0.263. The fourth-order valence-corrected chi connectivity index (χ4v) is 4.82. The van der Waals surface area contributed by atoms with Gasteiger partial charge in [-0.1, -0.05) is 18.2 Å². The van der Waals surface area contributed by atoms with Gasteiger partial charge in [0, 0.05) is 16.5 Å². The Kier molecular flexibility index (Phi) is 5.68. The summed E-state index contributed by atoms with van der Waals surface area (Å²) in [6.45, 7) is 6.45. The van der Waals surface area contributed by atoms with E-state index in [1.54, 1.807) is 11.8 Å². The molecule has 1 atom stereocenters. The lowest BCUT2D eigenvalue weighted by Crippen LogP contribution is -2.33. The molecule has 8 heteroatoms. The number of nitrogens with one attached hydrogen (secondary N) is 1. The summed E-state index contributed by atoms with van der Waals surface area (Å²) in [5.74, 6) is 1.49. The van der Waals surface area contributed by atoms with Crippen LogP contribution >= 0.6 is 0 Å². The molecule has 170 valence electrons. The number of pyridine rings is 1. The van der Waals surface area contributed by atoms with Crippen LogP contribution < -0.4 is 10.3 Å². The average Bonchev–Trinajstić information content (AvgIpc) is 3.48. The monoisotopic (exact) mass is 444 g/mol. The zero-order chi connectivity index (χ0) is 22.9. The molecule has 1 unspecified atom stereocenters. The van der Waals surface area contributed by atoms with E-state index in [2.05, 4.69) is 38.4 Å². The van der Waals surface area contributed by atoms with Crippen LogP contribution in [-0.2, 0) is 6.54 Å². The fourth-order valence-electron chi connectivity index (χ4n) is 4.82. The van der Waals surface area contributed by atoms with Gasteiger partial charge < -0.3 is 9.72 Å². The van der Waals surface area contributed by atoms with Crippen molar-refractivity contribution in [3.63, 3.8) is 0 Å². The van der Waals surface area contributed by atoms with E-state index in [1.165, 1.54) is 0 Å². The Hall–Kier alpha value is -3.52. The van der Waals surface area contributed by atoms with Gasteiger partial charge in [0.25, 0.3) is 5.56 Å². The first-order valence-corrected chi connectivity index (χ1v) is 11.3. The second kappa shape index (κ2) is 8.78. The number of hydrogen-bond acceptors (Lipinski definition) is 6. The van der Waals surface area contributed by atoms with Crippen molar-refractivity contribution in [3.8, 4) is 5.75 Å². The smallest absolute Gasteiger partial charge is 0.253 e. The molecule has 5 rings (SSSR count). The number of aromatic amines is 1. The predicted molar refractivity (Wildman–Crippen MR) is 127 cm³/mol. The Morgan fingerprint density at radius 1 is 1.09 bits per heavy atom. The number of ether oxygens (including phenoxy) is 1. The van der Waals surface area contributed by atoms with Gasteiger partial charge in [-0.15, -0.1) is 5.10 Å². The number of benzene rings is 2. The third-order valence-electron chi connectivity index (χ3n) is 6.44. The molecule has 8 nitrogen and oxygen atoms in total. The van der Waals surface area contributed by atoms with Crippen LogP contribution in [0.3, 0.4) is 0 Å². The van der Waals surface area contributed by atoms with Crippen LogP contribution in [0.15, 0.2) is 47.3 Å². The van der Waals surface area contributed by atoms with Crippen molar-refractivity contribution < 1.29 is 4.74 Å². The maximum Gasteiger partial charge on any atom is 0.253 e. The van der Waals surface area contributed by atoms with Gasteiger partial charge >= 0.3 is 0 Å². The minimum absolute atomic E-state index is 0.0941. The highest BCUT2D eigenvalue weighted by Gasteiger charge is 2.32. The van der Waals surface area contributed by atoms with Gasteiger partial charge in [0.2, 0.25) is 0 Å². The highest BCUT2D eigenvalue weighted by Crippen LogP contribution is 2.31. The topological polar surface area (TPSA) is 88.9 Å². The molecular weight excluding hydrogens is 416 g/mol. The minimum atomic E-state index is -0.311. The number of H-pyrrole nitrogens is 1. The van der Waals surface area contributed by atoms with Crippen molar-refractivity contribution in [2.24, 2.45) is 0 Å². The number of tetrazole rings is 1. The van der Waals surface area contributed by atoms with Crippen LogP contribution in [-0.4, -0.2) is 50.3 Å². The average molecular weight is 445 g/mol. The van der Waals surface area contributed by atoms with Gasteiger partial charge in [-0.25, -0.2) is 4.68 Å². The molecule has 2 aromatic heterocycles. The molecule has 1 aliphatic rings. The highest BCUT2D eigenvalue weighted by atomic mass is 16.5. The lowest BCUT2D eigenvalue weighted by atomic mass is 10.00. The van der Waals surface area contributed by atoms with Crippen molar-refractivity contribution in [2.75, 3.05) is 20.2 Å². The number of rotatable bonds is 6. The molecule has 1 N–H and O–H groups in total. The third-order valence-corrected chi connectivity index (χ3v) is 6.44. The van der Waals surface area contributed by atoms with E-state index in [1.807, 2.05) is 43.3 Å². The fraction of sp³-hybridized carbons (Fsp3) is 0.360. The summed E-state index contributed by atoms with van der Waals surface area (Å²) < 4.78 is 7.07. The summed E-state index contributed by atoms with van der Waals surface area (Å²) in [7, 11) is 1.65. The van der Waals surface area contributed by atoms with Gasteiger partial charge in [0.1, 0.15) is 11.8 Å². The Morgan fingerprint density at radius 2 is 1.85 bits per heavy atom. The van der Waals surface area contributed by atoms with E-state index in [-0.39, 0.29) is 11.6 Å². The molecule has 0 amide bonds. The minimum Gasteiger partial charge on any atom is -0.497 e. The summed E-state index contributed by atoms with van der Waals surface area (Å²) in [5, 5.41) is 13.7. The zero-order valence-corrected chi connectivity index (χ0v) is 19.2. The number of aryl methyl sites for hydroxylation is 2. The number of hydrogen-bond donors (Lipinski definition) is 1. The predicted octanol–water partition coefficient (Wildman–Crippen LogP) is 3.37. The summed E-state index contributed by atoms with van der Waals surface area (Å²) in [6.07, 6.45) is 2.19. The standard InChI is InChI=1S/C25H28N6O2/c1-16-12-17(2)20-14-21(25(32)26-22(20)13-16)23(30-10-4-5-11-30)24-27-28-29-31(24)15-18-6-8-19(33-3)9-7-18/h6-9,12-14,23H,4-5,10-11,15H2,1-3H3,(H,26,32). The molecule has 2 aromatic carbocycles. The van der Waals surface area contributed by atoms with Crippen LogP contribution in [0, 0.1) is 13.8 Å². The van der Waals surface area contributed by atoms with Crippen molar-refractivity contribution in [3.05, 3.63) is 80.9 Å². The molecule has 1 aliphatic heterocycles. The summed E-state index contributed by atoms with van der Waals surface area (Å²) in [6, 6.07) is 13.7. The quantitative estimate of drug-likeness (QED) is 0.491. The molecule has 4 aromatic rings. The maximum absolute atomic E-state index is 13.3. The molecule has 0 aliphatic carbocycles. The molecule has 0 saturated carbocycles. The van der Waals surface area contributed by atoms with Gasteiger partial charge in [-0.05, 0) is 91.2 Å². The second-order valence-corrected chi connectivity index (χ2v) is 8.79. The summed E-state index contributed by atoms with van der Waals surface area (Å²) in [4.78, 5) is 18.7. The first-order chi connectivity index (χ1) is 16.0. The van der Waals surface area contributed by atoms with Gasteiger partial charge in [0.15, 0.2) is 5.82 Å². The number of likely N-dealkylation sites (tertiary alicyclic amines) is 1. The largest absolute Gasteiger partial charge is 0.497 e. The molecule has 1 fully saturated rings. The number of aromatic nitrogens is 5. The Labute approximate surface area is 192 Å². The Morgan fingerprint density at radius 3 is 2.58 bits per heavy atom. The van der Waals surface area contributed by atoms with Crippen LogP contribution in [0.1, 0.15) is 47.0 Å². The maximum atomic E-state index is 13.3. The first kappa shape index (κ1) is 21.3. The van der Waals surface area contributed by atoms with Crippen LogP contribution in [0.2, 0.25) is 0 Å². The Bertz CT molecular complexity index is 1340. The van der Waals surface area contributed by atoms with Crippen LogP contribution in [0.4, 0.5) is 0 Å². The van der Waals surface area contributed by atoms with E-state index in [9.17, 15) is 4.79 Å². The SMILES string of the molecule is COc1ccc(Cn2nnnc2C(c2cc3c(C)cc(C)cc3[nH]c2=O)N2CCCC2)cc1. The van der Waals surface area contributed by atoms with Crippen molar-refractivity contribution in [1.29, 1.82) is 0 Å². The van der Waals surface area contributed by atoms with E-state index < -0.39 is 0 Å². The van der Waals surface area contributed by atoms with E-state index >= 15 is 0 Å². The van der Waals surface area contributed by atoms with E-state index in [0.29, 0.717) is 17.9 Å². The zero-order valence-electron chi connectivity index (χ0n) is 19.2. The normalized spacial score (nSPS) is 15.2. The van der Waals surface area contributed by atoms with Crippen LogP contribution in [0.5, 0.6) is 5.75 Å². The molecule has 0 bridgehead atoms. The number of methoxy groups -OCH3 is 1. The molecule has 33 heavy (non-hydrogen) atoms. The van der Waals surface area contributed by atoms with Gasteiger partial charge in [-0.2, -0.15) is 0 Å². The van der Waals surface area contributed by atoms with Crippen molar-refractivity contribution >= 4 is 10.9 Å². The molecule has 0 radical (unpaired) electrons. The van der Waals surface area contributed by atoms with Gasteiger partial charge in [-0.3, -0.25) is 9.69 Å². The van der Waals surface area contributed by atoms with Crippen molar-refractivity contribution in [1.82, 2.24) is 30.1 Å². The summed E-state index contributed by atoms with van der Waals surface area (Å²) in [5.41, 5.74) is 4.77. The van der Waals surface area contributed by atoms with Gasteiger partial charge in [0.05, 0.1) is 13.7 Å². The molecule has 3 heterocycles. The third kappa shape index (κ3) is 4.14. The van der Waals surface area contributed by atoms with Crippen LogP contribution in [0.25, 0.3) is 10.9 Å². The summed E-state index contributed by atoms with van der Waals surface area (Å²) >= 11 is 0. The molecule has 1 saturated heterocycles.